The molecule has 1 aliphatic carbocycles. The number of carbonyl (C=O) groups excluding carboxylic acids is 1. The van der Waals surface area contributed by atoms with Gasteiger partial charge in [-0.2, -0.15) is 0 Å². The topological polar surface area (TPSA) is 46.3 Å². The molecule has 2 N–H and O–H groups in total. The summed E-state index contributed by atoms with van der Waals surface area (Å²) in [5.74, 6) is 1.03. The van der Waals surface area contributed by atoms with Gasteiger partial charge in [0.15, 0.2) is 0 Å². The molecule has 0 aromatic heterocycles. The molecule has 2 fully saturated rings. The molecule has 2 unspecified atom stereocenters. The Balaban J connectivity index is 2.06. The van der Waals surface area contributed by atoms with Crippen LogP contribution < -0.4 is 5.73 Å². The van der Waals surface area contributed by atoms with Gasteiger partial charge in [-0.25, -0.2) is 0 Å². The Bertz CT molecular complexity index is 257. The molecule has 1 heterocycles. The Morgan fingerprint density at radius 2 is 1.81 bits per heavy atom. The summed E-state index contributed by atoms with van der Waals surface area (Å²) >= 11 is 0. The molecule has 92 valence electrons. The number of rotatable bonds is 2. The molecule has 1 saturated carbocycles. The van der Waals surface area contributed by atoms with Gasteiger partial charge in [0, 0.05) is 18.0 Å². The summed E-state index contributed by atoms with van der Waals surface area (Å²) < 4.78 is 0. The van der Waals surface area contributed by atoms with Crippen molar-refractivity contribution in [3.63, 3.8) is 0 Å². The lowest BCUT2D eigenvalue weighted by Gasteiger charge is -2.31. The maximum Gasteiger partial charge on any atom is 0.226 e. The number of carbonyl (C=O) groups is 1. The van der Waals surface area contributed by atoms with Crippen molar-refractivity contribution in [1.29, 1.82) is 0 Å². The molecule has 2 rings (SSSR count). The van der Waals surface area contributed by atoms with Crippen LogP contribution in [0.4, 0.5) is 0 Å². The summed E-state index contributed by atoms with van der Waals surface area (Å²) in [6, 6.07) is 0.864. The summed E-state index contributed by atoms with van der Waals surface area (Å²) in [5, 5.41) is 0. The van der Waals surface area contributed by atoms with E-state index in [1.54, 1.807) is 0 Å². The summed E-state index contributed by atoms with van der Waals surface area (Å²) in [6.45, 7) is 5.02. The van der Waals surface area contributed by atoms with Crippen LogP contribution >= 0.6 is 0 Å². The molecule has 1 aliphatic heterocycles. The third-order valence-electron chi connectivity index (χ3n) is 4.49. The van der Waals surface area contributed by atoms with Gasteiger partial charge < -0.3 is 10.6 Å². The van der Waals surface area contributed by atoms with E-state index in [1.165, 1.54) is 6.42 Å². The van der Waals surface area contributed by atoms with Crippen molar-refractivity contribution in [1.82, 2.24) is 4.90 Å². The van der Waals surface area contributed by atoms with Gasteiger partial charge in [-0.1, -0.05) is 6.42 Å². The predicted octanol–water partition coefficient (Wildman–Crippen LogP) is 1.76. The highest BCUT2D eigenvalue weighted by Gasteiger charge is 2.39. The van der Waals surface area contributed by atoms with Crippen molar-refractivity contribution in [3.05, 3.63) is 0 Å². The van der Waals surface area contributed by atoms with E-state index in [4.69, 9.17) is 5.73 Å². The first-order valence-corrected chi connectivity index (χ1v) is 6.67. The average molecular weight is 224 g/mol. The van der Waals surface area contributed by atoms with Crippen LogP contribution in [-0.4, -0.2) is 29.4 Å². The first-order valence-electron chi connectivity index (χ1n) is 6.67. The summed E-state index contributed by atoms with van der Waals surface area (Å²) in [7, 11) is 0. The van der Waals surface area contributed by atoms with Crippen LogP contribution in [0.1, 0.15) is 46.0 Å². The number of hydrogen-bond acceptors (Lipinski definition) is 2. The van der Waals surface area contributed by atoms with E-state index in [0.29, 0.717) is 30.5 Å². The van der Waals surface area contributed by atoms with Gasteiger partial charge in [-0.15, -0.1) is 0 Å². The Hall–Kier alpha value is -0.570. The van der Waals surface area contributed by atoms with Crippen LogP contribution in [0, 0.1) is 11.8 Å². The molecule has 1 saturated heterocycles. The molecular formula is C13H24N2O. The zero-order chi connectivity index (χ0) is 11.7. The lowest BCUT2D eigenvalue weighted by atomic mass is 9.94. The van der Waals surface area contributed by atoms with Crippen LogP contribution in [-0.2, 0) is 4.79 Å². The largest absolute Gasteiger partial charge is 0.337 e. The molecule has 1 amide bonds. The first kappa shape index (κ1) is 11.9. The molecule has 0 spiro atoms. The maximum atomic E-state index is 12.5. The van der Waals surface area contributed by atoms with E-state index >= 15 is 0 Å². The molecule has 3 heteroatoms. The fraction of sp³-hybridized carbons (Fsp3) is 0.923. The average Bonchev–Trinajstić information content (AvgIpc) is 2.85. The lowest BCUT2D eigenvalue weighted by molar-refractivity contribution is -0.139. The highest BCUT2D eigenvalue weighted by atomic mass is 16.2. The van der Waals surface area contributed by atoms with E-state index in [1.807, 2.05) is 0 Å². The van der Waals surface area contributed by atoms with Gasteiger partial charge in [0.1, 0.15) is 0 Å². The van der Waals surface area contributed by atoms with E-state index < -0.39 is 0 Å². The molecule has 3 nitrogen and oxygen atoms in total. The minimum atomic E-state index is 0.216. The summed E-state index contributed by atoms with van der Waals surface area (Å²) in [5.41, 5.74) is 5.76. The normalized spacial score (nSPS) is 39.3. The molecule has 2 aliphatic rings. The first-order chi connectivity index (χ1) is 7.65. The second kappa shape index (κ2) is 4.74. The SMILES string of the molecule is CC1CCC(C)N1C(=O)[C@@H]1CCC[C@@H]1CN. The smallest absolute Gasteiger partial charge is 0.226 e. The monoisotopic (exact) mass is 224 g/mol. The fourth-order valence-electron chi connectivity index (χ4n) is 3.46. The Kier molecular flexibility index (Phi) is 3.53. The van der Waals surface area contributed by atoms with Gasteiger partial charge in [-0.3, -0.25) is 4.79 Å². The van der Waals surface area contributed by atoms with Gasteiger partial charge in [0.25, 0.3) is 0 Å². The van der Waals surface area contributed by atoms with Crippen LogP contribution in [0.25, 0.3) is 0 Å². The number of nitrogens with two attached hydrogens (primary N) is 1. The van der Waals surface area contributed by atoms with Crippen molar-refractivity contribution in [3.8, 4) is 0 Å². The van der Waals surface area contributed by atoms with E-state index in [2.05, 4.69) is 18.7 Å². The van der Waals surface area contributed by atoms with E-state index in [0.717, 1.165) is 25.7 Å². The highest BCUT2D eigenvalue weighted by molar-refractivity contribution is 5.80. The standard InChI is InChI=1S/C13H24N2O/c1-9-6-7-10(2)15(9)13(16)12-5-3-4-11(12)8-14/h9-12H,3-8,14H2,1-2H3/t9?,10?,11-,12-/m1/s1. The molecule has 0 aromatic rings. The zero-order valence-electron chi connectivity index (χ0n) is 10.5. The second-order valence-corrected chi connectivity index (χ2v) is 5.55. The highest BCUT2D eigenvalue weighted by Crippen LogP contribution is 2.35. The lowest BCUT2D eigenvalue weighted by Crippen LogP contribution is -2.44. The van der Waals surface area contributed by atoms with Crippen molar-refractivity contribution < 1.29 is 4.79 Å². The van der Waals surface area contributed by atoms with Crippen molar-refractivity contribution in [2.45, 2.75) is 58.0 Å². The van der Waals surface area contributed by atoms with Crippen LogP contribution in [0.2, 0.25) is 0 Å². The minimum Gasteiger partial charge on any atom is -0.337 e. The molecule has 0 radical (unpaired) electrons. The van der Waals surface area contributed by atoms with Crippen molar-refractivity contribution in [2.24, 2.45) is 17.6 Å². The third-order valence-corrected chi connectivity index (χ3v) is 4.49. The van der Waals surface area contributed by atoms with Gasteiger partial charge in [0.2, 0.25) is 5.91 Å². The fourth-order valence-corrected chi connectivity index (χ4v) is 3.46. The van der Waals surface area contributed by atoms with Gasteiger partial charge in [0.05, 0.1) is 0 Å². The Morgan fingerprint density at radius 1 is 1.19 bits per heavy atom. The molecule has 16 heavy (non-hydrogen) atoms. The third kappa shape index (κ3) is 1.97. The van der Waals surface area contributed by atoms with Crippen LogP contribution in [0.15, 0.2) is 0 Å². The van der Waals surface area contributed by atoms with Gasteiger partial charge in [-0.05, 0) is 52.0 Å². The number of hydrogen-bond donors (Lipinski definition) is 1. The minimum absolute atomic E-state index is 0.216. The van der Waals surface area contributed by atoms with E-state index in [9.17, 15) is 4.79 Å². The van der Waals surface area contributed by atoms with Gasteiger partial charge >= 0.3 is 0 Å². The van der Waals surface area contributed by atoms with Crippen molar-refractivity contribution >= 4 is 5.91 Å². The molecule has 0 aromatic carbocycles. The van der Waals surface area contributed by atoms with Crippen LogP contribution in [0.5, 0.6) is 0 Å². The second-order valence-electron chi connectivity index (χ2n) is 5.55. The predicted molar refractivity (Wildman–Crippen MR) is 64.9 cm³/mol. The molecule has 4 atom stereocenters. The Morgan fingerprint density at radius 3 is 2.38 bits per heavy atom. The molecule has 0 bridgehead atoms. The summed E-state index contributed by atoms with van der Waals surface area (Å²) in [6.07, 6.45) is 5.69. The molecular weight excluding hydrogens is 200 g/mol. The van der Waals surface area contributed by atoms with Crippen LogP contribution in [0.3, 0.4) is 0 Å². The Labute approximate surface area is 98.4 Å². The van der Waals surface area contributed by atoms with E-state index in [-0.39, 0.29) is 5.92 Å². The number of amides is 1. The maximum absolute atomic E-state index is 12.5. The number of likely N-dealkylation sites (tertiary alicyclic amines) is 1. The quantitative estimate of drug-likeness (QED) is 0.777. The van der Waals surface area contributed by atoms with Crippen molar-refractivity contribution in [2.75, 3.05) is 6.54 Å². The summed E-state index contributed by atoms with van der Waals surface area (Å²) in [4.78, 5) is 14.6. The zero-order valence-corrected chi connectivity index (χ0v) is 10.5. The number of nitrogens with zero attached hydrogens (tertiary/aromatic N) is 1.